The van der Waals surface area contributed by atoms with Crippen LogP contribution >= 0.6 is 0 Å². The van der Waals surface area contributed by atoms with Crippen LogP contribution in [0.5, 0.6) is 0 Å². The van der Waals surface area contributed by atoms with E-state index in [0.717, 1.165) is 0 Å². The number of hydrogen-bond acceptors (Lipinski definition) is 19. The predicted molar refractivity (Wildman–Crippen MR) is 263 cm³/mol. The summed E-state index contributed by atoms with van der Waals surface area (Å²) in [5.41, 5.74) is 0. The monoisotopic (exact) mass is 1040 g/mol. The molecule has 1 unspecified atom stereocenters. The molecule has 5 rings (SSSR count). The molecular weight excluding hydrogens is 953 g/mol. The van der Waals surface area contributed by atoms with Crippen molar-refractivity contribution in [3.05, 3.63) is 48.6 Å². The molecule has 0 bridgehead atoms. The number of aliphatic hydroxyl groups excluding tert-OH is 6. The van der Waals surface area contributed by atoms with Crippen molar-refractivity contribution in [2.45, 2.75) is 225 Å². The lowest BCUT2D eigenvalue weighted by Gasteiger charge is -2.50. The van der Waals surface area contributed by atoms with Crippen molar-refractivity contribution in [3.63, 3.8) is 0 Å². The molecule has 4 fully saturated rings. The fourth-order valence-electron chi connectivity index (χ4n) is 11.1. The van der Waals surface area contributed by atoms with Crippen LogP contribution in [0.4, 0.5) is 0 Å². The first kappa shape index (κ1) is 60.7. The second-order valence-electron chi connectivity index (χ2n) is 21.4. The average molecular weight is 1040 g/mol. The summed E-state index contributed by atoms with van der Waals surface area (Å²) in [6, 6.07) is 0. The van der Waals surface area contributed by atoms with Crippen LogP contribution in [-0.2, 0) is 57.0 Å². The van der Waals surface area contributed by atoms with E-state index < -0.39 is 157 Å². The lowest BCUT2D eigenvalue weighted by Crippen LogP contribution is -2.59. The minimum Gasteiger partial charge on any atom is -0.458 e. The molecule has 0 radical (unpaired) electrons. The predicted octanol–water partition coefficient (Wildman–Crippen LogP) is 3.91. The van der Waals surface area contributed by atoms with Crippen LogP contribution in [-0.4, -0.2) is 164 Å². The van der Waals surface area contributed by atoms with Crippen LogP contribution in [0.25, 0.3) is 0 Å². The van der Waals surface area contributed by atoms with E-state index in [4.69, 9.17) is 42.6 Å². The summed E-state index contributed by atoms with van der Waals surface area (Å²) in [7, 11) is 0. The third-order valence-corrected chi connectivity index (χ3v) is 16.0. The number of cyclic esters (lactones) is 2. The van der Waals surface area contributed by atoms with Crippen LogP contribution in [0.2, 0.25) is 0 Å². The molecule has 0 aliphatic carbocycles. The molecule has 0 aromatic heterocycles. The molecule has 73 heavy (non-hydrogen) atoms. The van der Waals surface area contributed by atoms with E-state index in [2.05, 4.69) is 0 Å². The SMILES string of the molecule is CC[C@@H]1[C@@H](OC2C[C@H](O)[C@H](O)[C@H](C)O2)[C@@H](OC(=O)[C@@H](C)[C@H](O)[C@H](C)[C@H]2OC(=O)/C=C/C=C/[C@H](C)[C@@H]([C@@H](C)[C@@H](O)[C@H](C)[C@@]3(O)C[C@@H](O[C@H]4C[C@H](O)[C@H](O)[C@H](C)O4)[C@H](CC)[C@@H](C)O3)OC(=O)/C=C/C=C/[C@@H]2C)O[C@H]1C. The van der Waals surface area contributed by atoms with Gasteiger partial charge in [0.05, 0.1) is 60.9 Å². The summed E-state index contributed by atoms with van der Waals surface area (Å²) in [6.45, 7) is 20.9. The van der Waals surface area contributed by atoms with Crippen molar-refractivity contribution in [2.24, 2.45) is 47.3 Å². The third kappa shape index (κ3) is 15.1. The molecule has 5 aliphatic rings. The largest absolute Gasteiger partial charge is 0.458 e. The van der Waals surface area contributed by atoms with Crippen LogP contribution in [0.1, 0.15) is 115 Å². The molecule has 5 aliphatic heterocycles. The Morgan fingerprint density at radius 1 is 0.671 bits per heavy atom. The molecule has 0 spiro atoms. The van der Waals surface area contributed by atoms with Crippen molar-refractivity contribution in [1.82, 2.24) is 0 Å². The zero-order valence-electron chi connectivity index (χ0n) is 44.6. The Morgan fingerprint density at radius 3 is 1.63 bits per heavy atom. The number of carbonyl (C=O) groups excluding carboxylic acids is 3. The topological polar surface area (TPSA) is 276 Å². The number of ether oxygens (including phenoxy) is 9. The molecule has 7 N–H and O–H groups in total. The van der Waals surface area contributed by atoms with Gasteiger partial charge in [0.1, 0.15) is 30.5 Å². The Morgan fingerprint density at radius 2 is 1.15 bits per heavy atom. The summed E-state index contributed by atoms with van der Waals surface area (Å²) in [4.78, 5) is 40.6. The summed E-state index contributed by atoms with van der Waals surface area (Å²) >= 11 is 0. The Hall–Kier alpha value is -3.15. The maximum Gasteiger partial charge on any atom is 0.331 e. The van der Waals surface area contributed by atoms with Gasteiger partial charge in [0.2, 0.25) is 6.29 Å². The highest BCUT2D eigenvalue weighted by atomic mass is 16.8. The Labute approximate surface area is 430 Å². The first-order valence-electron chi connectivity index (χ1n) is 26.4. The van der Waals surface area contributed by atoms with Gasteiger partial charge in [0.15, 0.2) is 18.4 Å². The maximum atomic E-state index is 13.7. The van der Waals surface area contributed by atoms with Gasteiger partial charge in [-0.2, -0.15) is 0 Å². The van der Waals surface area contributed by atoms with Gasteiger partial charge in [-0.3, -0.25) is 4.79 Å². The van der Waals surface area contributed by atoms with Crippen molar-refractivity contribution in [2.75, 3.05) is 0 Å². The smallest absolute Gasteiger partial charge is 0.331 e. The first-order chi connectivity index (χ1) is 34.3. The summed E-state index contributed by atoms with van der Waals surface area (Å²) in [6.07, 6.45) is -2.14. The van der Waals surface area contributed by atoms with Gasteiger partial charge in [-0.05, 0) is 47.5 Å². The number of hydrogen-bond donors (Lipinski definition) is 7. The molecule has 19 heteroatoms. The number of carbonyl (C=O) groups is 3. The minimum absolute atomic E-state index is 0.00290. The number of rotatable bonds is 15. The van der Waals surface area contributed by atoms with Crippen molar-refractivity contribution in [3.8, 4) is 0 Å². The Bertz CT molecular complexity index is 1890. The normalized spacial score (nSPS) is 44.3. The molecule has 19 nitrogen and oxygen atoms in total. The average Bonchev–Trinajstić information content (AvgIpc) is 3.63. The zero-order valence-corrected chi connectivity index (χ0v) is 44.6. The summed E-state index contributed by atoms with van der Waals surface area (Å²) in [5.74, 6) is -9.19. The Balaban J connectivity index is 1.25. The van der Waals surface area contributed by atoms with Crippen molar-refractivity contribution in [1.29, 1.82) is 0 Å². The molecule has 0 aromatic rings. The highest BCUT2D eigenvalue weighted by Gasteiger charge is 2.53. The molecule has 0 amide bonds. The second kappa shape index (κ2) is 26.8. The van der Waals surface area contributed by atoms with Gasteiger partial charge in [-0.15, -0.1) is 0 Å². The van der Waals surface area contributed by atoms with E-state index in [-0.39, 0.29) is 37.2 Å². The number of esters is 3. The van der Waals surface area contributed by atoms with Gasteiger partial charge < -0.3 is 78.4 Å². The molecule has 416 valence electrons. The lowest BCUT2D eigenvalue weighted by molar-refractivity contribution is -0.344. The molecule has 0 saturated carbocycles. The minimum atomic E-state index is -1.88. The zero-order chi connectivity index (χ0) is 54.2. The fraction of sp³-hybridized carbons (Fsp3) is 0.796. The van der Waals surface area contributed by atoms with Gasteiger partial charge in [0, 0.05) is 72.8 Å². The molecule has 0 aromatic carbocycles. The Kier molecular flexibility index (Phi) is 22.2. The van der Waals surface area contributed by atoms with E-state index in [0.29, 0.717) is 12.8 Å². The van der Waals surface area contributed by atoms with E-state index >= 15 is 0 Å². The molecule has 5 heterocycles. The van der Waals surface area contributed by atoms with Gasteiger partial charge >= 0.3 is 17.9 Å². The lowest BCUT2D eigenvalue weighted by atomic mass is 9.76. The van der Waals surface area contributed by atoms with Crippen LogP contribution in [0, 0.1) is 47.3 Å². The maximum absolute atomic E-state index is 13.7. The molecular formula is C54H86O19. The first-order valence-corrected chi connectivity index (χ1v) is 26.4. The second-order valence-corrected chi connectivity index (χ2v) is 21.4. The van der Waals surface area contributed by atoms with E-state index in [9.17, 15) is 50.1 Å². The van der Waals surface area contributed by atoms with Gasteiger partial charge in [0.25, 0.3) is 0 Å². The fourth-order valence-corrected chi connectivity index (χ4v) is 11.1. The van der Waals surface area contributed by atoms with E-state index in [1.54, 1.807) is 72.8 Å². The van der Waals surface area contributed by atoms with Crippen LogP contribution in [0.3, 0.4) is 0 Å². The van der Waals surface area contributed by atoms with E-state index in [1.807, 2.05) is 27.7 Å². The van der Waals surface area contributed by atoms with E-state index in [1.165, 1.54) is 31.2 Å². The van der Waals surface area contributed by atoms with Gasteiger partial charge in [-0.25, -0.2) is 9.59 Å². The molecule has 4 saturated heterocycles. The highest BCUT2D eigenvalue weighted by molar-refractivity contribution is 5.83. The van der Waals surface area contributed by atoms with Crippen molar-refractivity contribution >= 4 is 17.9 Å². The molecule has 26 atom stereocenters. The number of aliphatic hydroxyl groups is 7. The van der Waals surface area contributed by atoms with Gasteiger partial charge in [-0.1, -0.05) is 84.9 Å². The highest BCUT2D eigenvalue weighted by Crippen LogP contribution is 2.43. The summed E-state index contributed by atoms with van der Waals surface area (Å²) in [5, 5.41) is 77.0. The standard InChI is InChI=1S/C54H86O19/c1-13-36-33(10)73-54(64,25-40(36)68-43-23-38(55)47(61)34(11)65-43)31(8)46(60)29(6)50-27(4)20-16-18-21-41(57)69-49(26(3)19-15-17-22-42(58)70-50)28(5)45(59)30(7)52(63)72-53-51(37(14-2)32(9)67-53)71-44-24-39(56)48(62)35(12)66-44/h15-22,26-40,43-51,53,55-56,59-62,64H,13-14,23-25H2,1-12H3/b19-15+,20-16+,21-18+,22-17+/t26-,27-,28-,29-,30-,31-,32-,33+,34-,35-,36+,37-,38-,39-,40+,43-,44?,45+,46+,47+,48+,49-,50-,51+,53+,54+/m0/s1. The van der Waals surface area contributed by atoms with Crippen LogP contribution in [0.15, 0.2) is 48.6 Å². The quantitative estimate of drug-likeness (QED) is 0.0905. The van der Waals surface area contributed by atoms with Crippen molar-refractivity contribution < 1.29 is 92.8 Å². The third-order valence-electron chi connectivity index (χ3n) is 16.0. The summed E-state index contributed by atoms with van der Waals surface area (Å²) < 4.78 is 54.4. The number of allylic oxidation sites excluding steroid dienone is 4. The van der Waals surface area contributed by atoms with Crippen LogP contribution < -0.4 is 0 Å².